The molecule has 2 fully saturated rings. The first-order chi connectivity index (χ1) is 20.1. The molecule has 2 aliphatic rings. The number of rotatable bonds is 11. The quantitative estimate of drug-likeness (QED) is 0.189. The van der Waals surface area contributed by atoms with Gasteiger partial charge in [-0.3, -0.25) is 14.5 Å². The largest absolute Gasteiger partial charge is 0.492 e. The monoisotopic (exact) mass is 568 g/mol. The van der Waals surface area contributed by atoms with Crippen LogP contribution >= 0.6 is 11.3 Å². The fraction of sp³-hybridized carbons (Fsp3) is 0.353. The van der Waals surface area contributed by atoms with Crippen LogP contribution in [-0.4, -0.2) is 66.9 Å². The summed E-state index contributed by atoms with van der Waals surface area (Å²) in [6, 6.07) is 23.6. The van der Waals surface area contributed by atoms with Crippen molar-refractivity contribution in [1.29, 1.82) is 0 Å². The molecule has 0 unspecified atom stereocenters. The Morgan fingerprint density at radius 3 is 2.32 bits per heavy atom. The number of ketones is 1. The fourth-order valence-electron chi connectivity index (χ4n) is 5.76. The van der Waals surface area contributed by atoms with E-state index in [1.807, 2.05) is 66.4 Å². The zero-order valence-electron chi connectivity index (χ0n) is 23.5. The van der Waals surface area contributed by atoms with Crippen LogP contribution in [0.15, 0.2) is 72.8 Å². The van der Waals surface area contributed by atoms with Crippen molar-refractivity contribution in [3.8, 4) is 21.9 Å². The molecule has 2 saturated heterocycles. The average Bonchev–Trinajstić information content (AvgIpc) is 3.76. The van der Waals surface area contributed by atoms with Gasteiger partial charge in [-0.25, -0.2) is 0 Å². The zero-order chi connectivity index (χ0) is 28.2. The number of carbonyl (C=O) groups excluding carboxylic acids is 2. The zero-order valence-corrected chi connectivity index (χ0v) is 24.3. The van der Waals surface area contributed by atoms with Gasteiger partial charge in [0.25, 0.3) is 0 Å². The highest BCUT2D eigenvalue weighted by Crippen LogP contribution is 2.40. The van der Waals surface area contributed by atoms with E-state index in [-0.39, 0.29) is 17.7 Å². The molecule has 3 heterocycles. The van der Waals surface area contributed by atoms with Crippen LogP contribution in [0.25, 0.3) is 20.5 Å². The molecular weight excluding hydrogens is 532 g/mol. The second-order valence-corrected chi connectivity index (χ2v) is 12.0. The summed E-state index contributed by atoms with van der Waals surface area (Å²) in [7, 11) is 0. The summed E-state index contributed by atoms with van der Waals surface area (Å²) in [6.07, 6.45) is 4.10. The van der Waals surface area contributed by atoms with Crippen LogP contribution in [0.5, 0.6) is 11.5 Å². The van der Waals surface area contributed by atoms with Gasteiger partial charge >= 0.3 is 0 Å². The van der Waals surface area contributed by atoms with Crippen LogP contribution in [0.3, 0.4) is 0 Å². The lowest BCUT2D eigenvalue weighted by Gasteiger charge is -2.24. The highest BCUT2D eigenvalue weighted by molar-refractivity contribution is 7.22. The molecule has 4 aromatic rings. The van der Waals surface area contributed by atoms with Crippen molar-refractivity contribution in [2.24, 2.45) is 0 Å². The maximum absolute atomic E-state index is 13.9. The summed E-state index contributed by atoms with van der Waals surface area (Å²) in [5.41, 5.74) is 2.35. The Kier molecular flexibility index (Phi) is 8.35. The van der Waals surface area contributed by atoms with Gasteiger partial charge in [-0.2, -0.15) is 0 Å². The van der Waals surface area contributed by atoms with Gasteiger partial charge in [-0.05, 0) is 99.4 Å². The molecule has 0 N–H and O–H groups in total. The van der Waals surface area contributed by atoms with Gasteiger partial charge in [-0.15, -0.1) is 11.3 Å². The molecule has 0 saturated carbocycles. The van der Waals surface area contributed by atoms with Crippen LogP contribution < -0.4 is 9.47 Å². The van der Waals surface area contributed by atoms with Crippen molar-refractivity contribution < 1.29 is 19.1 Å². The Hall–Kier alpha value is -3.68. The topological polar surface area (TPSA) is 59.1 Å². The third kappa shape index (κ3) is 6.16. The lowest BCUT2D eigenvalue weighted by atomic mass is 9.97. The molecule has 6 rings (SSSR count). The van der Waals surface area contributed by atoms with Gasteiger partial charge in [0.15, 0.2) is 5.78 Å². The number of carbonyl (C=O) groups is 2. The van der Waals surface area contributed by atoms with E-state index in [0.29, 0.717) is 30.9 Å². The number of nitrogens with zero attached hydrogens (tertiary/aromatic N) is 2. The fourth-order valence-corrected chi connectivity index (χ4v) is 6.97. The number of hydrogen-bond donors (Lipinski definition) is 0. The normalized spacial score (nSPS) is 16.4. The van der Waals surface area contributed by atoms with Gasteiger partial charge in [0.1, 0.15) is 24.7 Å². The van der Waals surface area contributed by atoms with Crippen molar-refractivity contribution in [2.45, 2.75) is 38.6 Å². The first-order valence-electron chi connectivity index (χ1n) is 14.6. The Bertz CT molecular complexity index is 1510. The first-order valence-corrected chi connectivity index (χ1v) is 15.4. The Labute approximate surface area is 245 Å². The van der Waals surface area contributed by atoms with Crippen molar-refractivity contribution in [3.05, 3.63) is 83.9 Å². The second kappa shape index (κ2) is 12.5. The summed E-state index contributed by atoms with van der Waals surface area (Å²) in [4.78, 5) is 31.2. The molecule has 1 amide bonds. The van der Waals surface area contributed by atoms with Gasteiger partial charge in [-0.1, -0.05) is 18.2 Å². The van der Waals surface area contributed by atoms with Crippen LogP contribution in [-0.2, 0) is 4.79 Å². The number of thiophene rings is 1. The number of fused-ring (bicyclic) bond motifs is 1. The minimum atomic E-state index is -0.00836. The van der Waals surface area contributed by atoms with Crippen LogP contribution in [0.2, 0.25) is 0 Å². The number of likely N-dealkylation sites (tertiary alicyclic amines) is 2. The third-order valence-electron chi connectivity index (χ3n) is 8.06. The average molecular weight is 569 g/mol. The standard InChI is InChI=1S/C34H36N2O4S/c1-24(36-20-6-9-31(36)37)23-40-28-14-10-25(11-15-28)33(38)32-29-7-2-3-8-30(29)41-34(32)26-12-16-27(17-13-26)39-22-21-35-18-4-5-19-35/h2-3,7-8,10-17,24H,4-6,9,18-23H2,1H3/t24-/m0/s1. The molecule has 1 aromatic heterocycles. The molecule has 1 atom stereocenters. The van der Waals surface area contributed by atoms with Crippen molar-refractivity contribution in [1.82, 2.24) is 9.80 Å². The molecule has 2 aliphatic heterocycles. The predicted octanol–water partition coefficient (Wildman–Crippen LogP) is 6.66. The summed E-state index contributed by atoms with van der Waals surface area (Å²) in [6.45, 7) is 7.20. The second-order valence-electron chi connectivity index (χ2n) is 10.9. The van der Waals surface area contributed by atoms with E-state index in [9.17, 15) is 9.59 Å². The first kappa shape index (κ1) is 27.5. The molecule has 0 spiro atoms. The van der Waals surface area contributed by atoms with Gasteiger partial charge in [0.05, 0.1) is 6.04 Å². The summed E-state index contributed by atoms with van der Waals surface area (Å²) in [5.74, 6) is 1.73. The van der Waals surface area contributed by atoms with Gasteiger partial charge < -0.3 is 14.4 Å². The van der Waals surface area contributed by atoms with E-state index in [2.05, 4.69) is 23.1 Å². The Balaban J connectivity index is 1.17. The molecular formula is C34H36N2O4S. The minimum absolute atomic E-state index is 0.00836. The van der Waals surface area contributed by atoms with Crippen molar-refractivity contribution >= 4 is 33.1 Å². The molecule has 7 heteroatoms. The highest BCUT2D eigenvalue weighted by Gasteiger charge is 2.25. The van der Waals surface area contributed by atoms with E-state index >= 15 is 0 Å². The SMILES string of the molecule is C[C@@H](COc1ccc(C(=O)c2c(-c3ccc(OCCN4CCCC4)cc3)sc3ccccc23)cc1)N1CCCC1=O. The molecule has 0 radical (unpaired) electrons. The van der Waals surface area contributed by atoms with Crippen LogP contribution in [0.4, 0.5) is 0 Å². The summed E-state index contributed by atoms with van der Waals surface area (Å²) >= 11 is 1.64. The number of benzene rings is 3. The summed E-state index contributed by atoms with van der Waals surface area (Å²) in [5, 5.41) is 0.966. The minimum Gasteiger partial charge on any atom is -0.492 e. The maximum atomic E-state index is 13.9. The third-order valence-corrected chi connectivity index (χ3v) is 9.28. The maximum Gasteiger partial charge on any atom is 0.222 e. The van der Waals surface area contributed by atoms with Crippen molar-refractivity contribution in [3.63, 3.8) is 0 Å². The van der Waals surface area contributed by atoms with E-state index in [1.54, 1.807) is 11.3 Å². The molecule has 212 valence electrons. The lowest BCUT2D eigenvalue weighted by Crippen LogP contribution is -2.38. The van der Waals surface area contributed by atoms with Crippen molar-refractivity contribution in [2.75, 3.05) is 39.4 Å². The predicted molar refractivity (Wildman–Crippen MR) is 164 cm³/mol. The van der Waals surface area contributed by atoms with E-state index in [1.165, 1.54) is 25.9 Å². The molecule has 6 nitrogen and oxygen atoms in total. The Morgan fingerprint density at radius 1 is 0.878 bits per heavy atom. The molecule has 0 aliphatic carbocycles. The highest BCUT2D eigenvalue weighted by atomic mass is 32.1. The molecule has 41 heavy (non-hydrogen) atoms. The van der Waals surface area contributed by atoms with Crippen LogP contribution in [0, 0.1) is 0 Å². The summed E-state index contributed by atoms with van der Waals surface area (Å²) < 4.78 is 13.1. The molecule has 3 aromatic carbocycles. The van der Waals surface area contributed by atoms with Crippen LogP contribution in [0.1, 0.15) is 48.5 Å². The van der Waals surface area contributed by atoms with E-state index < -0.39 is 0 Å². The lowest BCUT2D eigenvalue weighted by molar-refractivity contribution is -0.129. The number of hydrogen-bond acceptors (Lipinski definition) is 6. The van der Waals surface area contributed by atoms with Gasteiger partial charge in [0, 0.05) is 45.6 Å². The van der Waals surface area contributed by atoms with Gasteiger partial charge in [0.2, 0.25) is 5.91 Å². The van der Waals surface area contributed by atoms with E-state index in [0.717, 1.165) is 51.4 Å². The smallest absolute Gasteiger partial charge is 0.222 e. The number of ether oxygens (including phenoxy) is 2. The molecule has 0 bridgehead atoms. The van der Waals surface area contributed by atoms with E-state index in [4.69, 9.17) is 9.47 Å². The number of amides is 1. The Morgan fingerprint density at radius 2 is 1.59 bits per heavy atom.